The molecule has 3 rings (SSSR count). The van der Waals surface area contributed by atoms with Gasteiger partial charge in [-0.15, -0.1) is 0 Å². The third kappa shape index (κ3) is 5.39. The highest BCUT2D eigenvalue weighted by Crippen LogP contribution is 2.34. The molecule has 0 heterocycles. The first-order valence-corrected chi connectivity index (χ1v) is 9.79. The van der Waals surface area contributed by atoms with Crippen LogP contribution in [0.15, 0.2) is 72.8 Å². The van der Waals surface area contributed by atoms with Gasteiger partial charge in [0.1, 0.15) is 22.7 Å². The second-order valence-electron chi connectivity index (χ2n) is 9.02. The van der Waals surface area contributed by atoms with E-state index in [2.05, 4.69) is 90.1 Å². The lowest BCUT2D eigenvalue weighted by Crippen LogP contribution is -2.22. The van der Waals surface area contributed by atoms with Crippen molar-refractivity contribution in [3.63, 3.8) is 0 Å². The lowest BCUT2D eigenvalue weighted by molar-refractivity contribution is 0.130. The van der Waals surface area contributed by atoms with Crippen molar-refractivity contribution < 1.29 is 9.47 Å². The average Bonchev–Trinajstić information content (AvgIpc) is 2.60. The molecule has 0 spiro atoms. The van der Waals surface area contributed by atoms with E-state index in [0.29, 0.717) is 0 Å². The molecule has 0 unspecified atom stereocenters. The maximum atomic E-state index is 5.95. The van der Waals surface area contributed by atoms with Gasteiger partial charge in [0, 0.05) is 0 Å². The molecule has 2 nitrogen and oxygen atoms in total. The van der Waals surface area contributed by atoms with E-state index in [4.69, 9.17) is 9.47 Å². The van der Waals surface area contributed by atoms with Crippen molar-refractivity contribution in [3.8, 4) is 33.8 Å². The Morgan fingerprint density at radius 2 is 0.786 bits per heavy atom. The summed E-state index contributed by atoms with van der Waals surface area (Å²) >= 11 is 0. The van der Waals surface area contributed by atoms with Crippen molar-refractivity contribution in [3.05, 3.63) is 72.8 Å². The summed E-state index contributed by atoms with van der Waals surface area (Å²) in [5.74, 6) is 1.77. The van der Waals surface area contributed by atoms with Crippen LogP contribution in [0.2, 0.25) is 0 Å². The largest absolute Gasteiger partial charge is 0.488 e. The second kappa shape index (κ2) is 7.71. The van der Waals surface area contributed by atoms with Crippen LogP contribution in [-0.4, -0.2) is 11.2 Å². The van der Waals surface area contributed by atoms with Crippen molar-refractivity contribution in [2.75, 3.05) is 0 Å². The minimum Gasteiger partial charge on any atom is -0.488 e. The Morgan fingerprint density at radius 3 is 1.07 bits per heavy atom. The summed E-state index contributed by atoms with van der Waals surface area (Å²) in [6.45, 7) is 12.4. The van der Waals surface area contributed by atoms with Gasteiger partial charge in [-0.05, 0) is 88.1 Å². The molecule has 3 aromatic rings. The van der Waals surface area contributed by atoms with Crippen molar-refractivity contribution >= 4 is 0 Å². The maximum Gasteiger partial charge on any atom is 0.120 e. The van der Waals surface area contributed by atoms with Gasteiger partial charge in [0.05, 0.1) is 0 Å². The van der Waals surface area contributed by atoms with Gasteiger partial charge >= 0.3 is 0 Å². The molecule has 0 saturated heterocycles. The minimum atomic E-state index is -0.198. The Bertz CT molecular complexity index is 830. The monoisotopic (exact) mass is 374 g/mol. The van der Waals surface area contributed by atoms with Crippen LogP contribution < -0.4 is 9.47 Å². The van der Waals surface area contributed by atoms with E-state index in [-0.39, 0.29) is 11.2 Å². The normalized spacial score (nSPS) is 11.9. The zero-order valence-corrected chi connectivity index (χ0v) is 17.7. The van der Waals surface area contributed by atoms with Crippen LogP contribution in [0.3, 0.4) is 0 Å². The number of benzene rings is 3. The summed E-state index contributed by atoms with van der Waals surface area (Å²) in [6, 6.07) is 25.1. The van der Waals surface area contributed by atoms with Crippen LogP contribution in [0, 0.1) is 0 Å². The Balaban J connectivity index is 1.89. The van der Waals surface area contributed by atoms with E-state index in [1.54, 1.807) is 0 Å². The van der Waals surface area contributed by atoms with Crippen molar-refractivity contribution in [1.82, 2.24) is 0 Å². The van der Waals surface area contributed by atoms with Crippen LogP contribution in [-0.2, 0) is 0 Å². The first-order chi connectivity index (χ1) is 13.1. The highest BCUT2D eigenvalue weighted by atomic mass is 16.5. The number of hydrogen-bond donors (Lipinski definition) is 0. The van der Waals surface area contributed by atoms with E-state index < -0.39 is 0 Å². The lowest BCUT2D eigenvalue weighted by Gasteiger charge is -2.22. The topological polar surface area (TPSA) is 18.5 Å². The molecule has 2 heteroatoms. The van der Waals surface area contributed by atoms with Crippen LogP contribution >= 0.6 is 0 Å². The number of rotatable bonds is 4. The van der Waals surface area contributed by atoms with E-state index in [1.807, 2.05) is 24.3 Å². The SMILES string of the molecule is CC(C)(C)Oc1ccc(-c2ccccc2-c2ccc(OC(C)(C)C)cc2)cc1. The fraction of sp³-hybridized carbons (Fsp3) is 0.308. The predicted molar refractivity (Wildman–Crippen MR) is 118 cm³/mol. The van der Waals surface area contributed by atoms with Gasteiger partial charge in [-0.2, -0.15) is 0 Å². The lowest BCUT2D eigenvalue weighted by atomic mass is 9.94. The molecule has 0 amide bonds. The van der Waals surface area contributed by atoms with E-state index >= 15 is 0 Å². The van der Waals surface area contributed by atoms with Crippen molar-refractivity contribution in [1.29, 1.82) is 0 Å². The molecule has 0 atom stereocenters. The third-order valence-electron chi connectivity index (χ3n) is 4.11. The highest BCUT2D eigenvalue weighted by Gasteiger charge is 2.14. The Labute approximate surface area is 169 Å². The Kier molecular flexibility index (Phi) is 5.51. The molecule has 0 bridgehead atoms. The molecule has 0 N–H and O–H groups in total. The standard InChI is InChI=1S/C26H30O2/c1-25(2,3)27-21-15-11-19(12-16-21)23-9-7-8-10-24(23)20-13-17-22(18-14-20)28-26(4,5)6/h7-18H,1-6H3. The van der Waals surface area contributed by atoms with Crippen molar-refractivity contribution in [2.24, 2.45) is 0 Å². The molecule has 0 fully saturated rings. The Hall–Kier alpha value is -2.74. The summed E-state index contributed by atoms with van der Waals surface area (Å²) in [7, 11) is 0. The molecule has 0 aromatic heterocycles. The first-order valence-electron chi connectivity index (χ1n) is 9.79. The molecule has 0 aliphatic rings. The predicted octanol–water partition coefficient (Wildman–Crippen LogP) is 7.38. The summed E-state index contributed by atoms with van der Waals surface area (Å²) < 4.78 is 11.9. The number of hydrogen-bond acceptors (Lipinski definition) is 2. The van der Waals surface area contributed by atoms with Crippen LogP contribution in [0.25, 0.3) is 22.3 Å². The summed E-state index contributed by atoms with van der Waals surface area (Å²) in [5, 5.41) is 0. The molecule has 0 saturated carbocycles. The third-order valence-corrected chi connectivity index (χ3v) is 4.11. The minimum absolute atomic E-state index is 0.198. The van der Waals surface area contributed by atoms with Crippen LogP contribution in [0.4, 0.5) is 0 Å². The van der Waals surface area contributed by atoms with Crippen LogP contribution in [0.5, 0.6) is 11.5 Å². The van der Waals surface area contributed by atoms with Gasteiger partial charge in [0.25, 0.3) is 0 Å². The van der Waals surface area contributed by atoms with Gasteiger partial charge in [0.15, 0.2) is 0 Å². The van der Waals surface area contributed by atoms with E-state index in [1.165, 1.54) is 22.3 Å². The molecule has 3 aromatic carbocycles. The maximum absolute atomic E-state index is 5.95. The highest BCUT2D eigenvalue weighted by molar-refractivity contribution is 5.83. The quantitative estimate of drug-likeness (QED) is 0.474. The fourth-order valence-corrected chi connectivity index (χ4v) is 3.10. The fourth-order valence-electron chi connectivity index (χ4n) is 3.10. The van der Waals surface area contributed by atoms with Gasteiger partial charge in [0.2, 0.25) is 0 Å². The van der Waals surface area contributed by atoms with Gasteiger partial charge in [-0.3, -0.25) is 0 Å². The molecule has 0 radical (unpaired) electrons. The first kappa shape index (κ1) is 20.0. The summed E-state index contributed by atoms with van der Waals surface area (Å²) in [6.07, 6.45) is 0. The van der Waals surface area contributed by atoms with Gasteiger partial charge < -0.3 is 9.47 Å². The Morgan fingerprint density at radius 1 is 0.464 bits per heavy atom. The average molecular weight is 375 g/mol. The molecule has 146 valence electrons. The summed E-state index contributed by atoms with van der Waals surface area (Å²) in [4.78, 5) is 0. The second-order valence-corrected chi connectivity index (χ2v) is 9.02. The zero-order valence-electron chi connectivity index (χ0n) is 17.7. The zero-order chi connectivity index (χ0) is 20.4. The van der Waals surface area contributed by atoms with E-state index in [9.17, 15) is 0 Å². The number of ether oxygens (including phenoxy) is 2. The van der Waals surface area contributed by atoms with Gasteiger partial charge in [-0.25, -0.2) is 0 Å². The van der Waals surface area contributed by atoms with Gasteiger partial charge in [-0.1, -0.05) is 48.5 Å². The van der Waals surface area contributed by atoms with Crippen LogP contribution in [0.1, 0.15) is 41.5 Å². The van der Waals surface area contributed by atoms with E-state index in [0.717, 1.165) is 11.5 Å². The molecule has 28 heavy (non-hydrogen) atoms. The molecular formula is C26H30O2. The smallest absolute Gasteiger partial charge is 0.120 e. The molecular weight excluding hydrogens is 344 g/mol. The molecule has 0 aliphatic heterocycles. The summed E-state index contributed by atoms with van der Waals surface area (Å²) in [5.41, 5.74) is 4.36. The van der Waals surface area contributed by atoms with Crippen molar-refractivity contribution in [2.45, 2.75) is 52.7 Å². The molecule has 0 aliphatic carbocycles.